The van der Waals surface area contributed by atoms with Crippen molar-refractivity contribution in [2.45, 2.75) is 51.9 Å². The summed E-state index contributed by atoms with van der Waals surface area (Å²) in [6, 6.07) is -0.982. The molecule has 0 radical (unpaired) electrons. The Bertz CT molecular complexity index is 349. The van der Waals surface area contributed by atoms with Crippen LogP contribution in [0.15, 0.2) is 0 Å². The van der Waals surface area contributed by atoms with Gasteiger partial charge < -0.3 is 14.6 Å². The van der Waals surface area contributed by atoms with Crippen molar-refractivity contribution in [3.8, 4) is 0 Å². The third kappa shape index (κ3) is 3.59. The summed E-state index contributed by atoms with van der Waals surface area (Å²) < 4.78 is 9.92. The smallest absolute Gasteiger partial charge is 0.411 e. The highest BCUT2D eigenvalue weighted by Crippen LogP contribution is 2.28. The molecular formula is C13H23NO5. The molecule has 0 aromatic carbocycles. The highest BCUT2D eigenvalue weighted by Gasteiger charge is 2.48. The summed E-state index contributed by atoms with van der Waals surface area (Å²) in [4.78, 5) is 25.1. The summed E-state index contributed by atoms with van der Waals surface area (Å²) in [5.74, 6) is -0.758. The second-order valence-electron chi connectivity index (χ2n) is 5.76. The Morgan fingerprint density at radius 1 is 1.37 bits per heavy atom. The first kappa shape index (κ1) is 15.8. The van der Waals surface area contributed by atoms with E-state index in [-0.39, 0.29) is 5.92 Å². The van der Waals surface area contributed by atoms with Crippen LogP contribution in [0.3, 0.4) is 0 Å². The molecule has 1 fully saturated rings. The van der Waals surface area contributed by atoms with Gasteiger partial charge in [-0.2, -0.15) is 0 Å². The predicted octanol–water partition coefficient (Wildman–Crippen LogP) is 1.17. The molecule has 0 saturated carbocycles. The van der Waals surface area contributed by atoms with Gasteiger partial charge in [0.15, 0.2) is 6.04 Å². The second-order valence-corrected chi connectivity index (χ2v) is 5.76. The van der Waals surface area contributed by atoms with Crippen molar-refractivity contribution >= 4 is 12.1 Å². The number of ether oxygens (including phenoxy) is 2. The molecule has 0 bridgehead atoms. The van der Waals surface area contributed by atoms with E-state index in [9.17, 15) is 14.7 Å². The molecule has 1 aliphatic rings. The van der Waals surface area contributed by atoms with Crippen LogP contribution >= 0.6 is 0 Å². The summed E-state index contributed by atoms with van der Waals surface area (Å²) in [5.41, 5.74) is -0.646. The Hall–Kier alpha value is -1.30. The molecule has 6 heteroatoms. The number of carbonyl (C=O) groups is 2. The van der Waals surface area contributed by atoms with Crippen molar-refractivity contribution in [2.24, 2.45) is 5.92 Å². The van der Waals surface area contributed by atoms with Crippen molar-refractivity contribution in [2.75, 3.05) is 13.7 Å². The fourth-order valence-electron chi connectivity index (χ4n) is 2.18. The van der Waals surface area contributed by atoms with Crippen molar-refractivity contribution in [1.29, 1.82) is 0 Å². The predicted molar refractivity (Wildman–Crippen MR) is 68.5 cm³/mol. The van der Waals surface area contributed by atoms with Gasteiger partial charge in [-0.25, -0.2) is 9.59 Å². The summed E-state index contributed by atoms with van der Waals surface area (Å²) in [6.07, 6.45) is -0.837. The SMILES string of the molecule is CC[C@H]1CN(C(=O)OC(C)(C)C)[C@H](C(=O)OC)[C@@H]1O. The molecule has 19 heavy (non-hydrogen) atoms. The third-order valence-electron chi connectivity index (χ3n) is 3.17. The maximum atomic E-state index is 12.1. The van der Waals surface area contributed by atoms with Crippen LogP contribution in [0.2, 0.25) is 0 Å². The lowest BCUT2D eigenvalue weighted by molar-refractivity contribution is -0.148. The average molecular weight is 273 g/mol. The van der Waals surface area contributed by atoms with Crippen LogP contribution in [0.5, 0.6) is 0 Å². The van der Waals surface area contributed by atoms with E-state index in [0.717, 1.165) is 0 Å². The Morgan fingerprint density at radius 2 is 1.95 bits per heavy atom. The number of likely N-dealkylation sites (tertiary alicyclic amines) is 1. The zero-order valence-electron chi connectivity index (χ0n) is 12.2. The summed E-state index contributed by atoms with van der Waals surface area (Å²) >= 11 is 0. The number of esters is 1. The molecule has 0 unspecified atom stereocenters. The average Bonchev–Trinajstić information content (AvgIpc) is 2.63. The zero-order valence-corrected chi connectivity index (χ0v) is 12.2. The fraction of sp³-hybridized carbons (Fsp3) is 0.846. The summed E-state index contributed by atoms with van der Waals surface area (Å²) in [7, 11) is 1.24. The molecule has 6 nitrogen and oxygen atoms in total. The fourth-order valence-corrected chi connectivity index (χ4v) is 2.18. The van der Waals surface area contributed by atoms with Gasteiger partial charge in [-0.1, -0.05) is 6.92 Å². The molecule has 1 aliphatic heterocycles. The normalized spacial score (nSPS) is 27.3. The highest BCUT2D eigenvalue weighted by atomic mass is 16.6. The van der Waals surface area contributed by atoms with E-state index in [1.54, 1.807) is 20.8 Å². The minimum Gasteiger partial charge on any atom is -0.467 e. The Morgan fingerprint density at radius 3 is 2.37 bits per heavy atom. The molecule has 1 N–H and O–H groups in total. The molecule has 1 rings (SSSR count). The van der Waals surface area contributed by atoms with Crippen LogP contribution in [0.4, 0.5) is 4.79 Å². The standard InChI is InChI=1S/C13H23NO5/c1-6-8-7-14(12(17)19-13(2,3)4)9(10(8)15)11(16)18-5/h8-10,15H,6-7H2,1-5H3/t8-,9-,10+/m0/s1. The van der Waals surface area contributed by atoms with Crippen molar-refractivity contribution in [3.63, 3.8) is 0 Å². The number of hydrogen-bond donors (Lipinski definition) is 1. The first-order chi connectivity index (χ1) is 8.71. The number of aliphatic hydroxyl groups excluding tert-OH is 1. The Labute approximate surface area is 113 Å². The quantitative estimate of drug-likeness (QED) is 0.764. The van der Waals surface area contributed by atoms with Gasteiger partial charge in [-0.05, 0) is 27.2 Å². The van der Waals surface area contributed by atoms with Crippen LogP contribution in [-0.2, 0) is 14.3 Å². The number of methoxy groups -OCH3 is 1. The van der Waals surface area contributed by atoms with Crippen molar-refractivity contribution in [3.05, 3.63) is 0 Å². The minimum absolute atomic E-state index is 0.142. The molecule has 110 valence electrons. The summed E-state index contributed by atoms with van der Waals surface area (Å²) in [6.45, 7) is 7.46. The van der Waals surface area contributed by atoms with Gasteiger partial charge in [0, 0.05) is 12.5 Å². The van der Waals surface area contributed by atoms with Gasteiger partial charge in [0.05, 0.1) is 13.2 Å². The summed E-state index contributed by atoms with van der Waals surface area (Å²) in [5, 5.41) is 10.1. The van der Waals surface area contributed by atoms with Gasteiger partial charge in [0.1, 0.15) is 5.60 Å². The van der Waals surface area contributed by atoms with E-state index in [1.165, 1.54) is 12.0 Å². The van der Waals surface area contributed by atoms with Crippen LogP contribution in [0.25, 0.3) is 0 Å². The van der Waals surface area contributed by atoms with Crippen LogP contribution < -0.4 is 0 Å². The maximum absolute atomic E-state index is 12.1. The van der Waals surface area contributed by atoms with Crippen molar-refractivity contribution < 1.29 is 24.2 Å². The molecule has 1 saturated heterocycles. The first-order valence-electron chi connectivity index (χ1n) is 6.46. The largest absolute Gasteiger partial charge is 0.467 e. The van der Waals surface area contributed by atoms with E-state index >= 15 is 0 Å². The topological polar surface area (TPSA) is 76.1 Å². The number of rotatable bonds is 2. The third-order valence-corrected chi connectivity index (χ3v) is 3.17. The van der Waals surface area contributed by atoms with E-state index in [4.69, 9.17) is 4.74 Å². The van der Waals surface area contributed by atoms with Gasteiger partial charge >= 0.3 is 12.1 Å². The van der Waals surface area contributed by atoms with Crippen LogP contribution in [0.1, 0.15) is 34.1 Å². The lowest BCUT2D eigenvalue weighted by atomic mass is 9.99. The Balaban J connectivity index is 2.90. The second kappa shape index (κ2) is 5.77. The molecule has 0 aliphatic carbocycles. The van der Waals surface area contributed by atoms with Gasteiger partial charge in [-0.15, -0.1) is 0 Å². The Kier molecular flexibility index (Phi) is 4.79. The van der Waals surface area contributed by atoms with E-state index in [0.29, 0.717) is 13.0 Å². The first-order valence-corrected chi connectivity index (χ1v) is 6.46. The molecule has 1 amide bonds. The zero-order chi connectivity index (χ0) is 14.8. The number of nitrogens with zero attached hydrogens (tertiary/aromatic N) is 1. The van der Waals surface area contributed by atoms with E-state index in [1.807, 2.05) is 6.92 Å². The molecule has 3 atom stereocenters. The highest BCUT2D eigenvalue weighted by molar-refractivity contribution is 5.83. The van der Waals surface area contributed by atoms with Crippen LogP contribution in [-0.4, -0.2) is 53.5 Å². The molecule has 0 aromatic rings. The van der Waals surface area contributed by atoms with Crippen molar-refractivity contribution in [1.82, 2.24) is 4.90 Å². The number of hydrogen-bond acceptors (Lipinski definition) is 5. The van der Waals surface area contributed by atoms with E-state index in [2.05, 4.69) is 4.74 Å². The monoisotopic (exact) mass is 273 g/mol. The maximum Gasteiger partial charge on any atom is 0.411 e. The van der Waals surface area contributed by atoms with Gasteiger partial charge in [0.25, 0.3) is 0 Å². The molecule has 1 heterocycles. The number of amides is 1. The van der Waals surface area contributed by atoms with Gasteiger partial charge in [-0.3, -0.25) is 4.90 Å². The van der Waals surface area contributed by atoms with Crippen LogP contribution in [0, 0.1) is 5.92 Å². The van der Waals surface area contributed by atoms with Gasteiger partial charge in [0.2, 0.25) is 0 Å². The number of carbonyl (C=O) groups excluding carboxylic acids is 2. The number of aliphatic hydroxyl groups is 1. The lowest BCUT2D eigenvalue weighted by Gasteiger charge is -2.27. The minimum atomic E-state index is -0.982. The van der Waals surface area contributed by atoms with E-state index < -0.39 is 29.8 Å². The lowest BCUT2D eigenvalue weighted by Crippen LogP contribution is -2.47. The molecule has 0 aromatic heterocycles. The molecular weight excluding hydrogens is 250 g/mol. The molecule has 0 spiro atoms.